The highest BCUT2D eigenvalue weighted by atomic mass is 16.5. The smallest absolute Gasteiger partial charge is 0.119 e. The summed E-state index contributed by atoms with van der Waals surface area (Å²) < 4.78 is 5.31. The van der Waals surface area contributed by atoms with Crippen molar-refractivity contribution in [3.63, 3.8) is 0 Å². The van der Waals surface area contributed by atoms with Gasteiger partial charge in [-0.05, 0) is 36.1 Å². The quantitative estimate of drug-likeness (QED) is 0.781. The van der Waals surface area contributed by atoms with Gasteiger partial charge in [-0.25, -0.2) is 0 Å². The first kappa shape index (κ1) is 10.9. The van der Waals surface area contributed by atoms with Gasteiger partial charge in [-0.2, -0.15) is 0 Å². The highest BCUT2D eigenvalue weighted by Gasteiger charge is 2.07. The van der Waals surface area contributed by atoms with E-state index in [0.717, 1.165) is 23.1 Å². The van der Waals surface area contributed by atoms with Crippen LogP contribution in [0, 0.1) is 5.92 Å². The summed E-state index contributed by atoms with van der Waals surface area (Å²) in [6.45, 7) is 4.27. The summed E-state index contributed by atoms with van der Waals surface area (Å²) >= 11 is 0. The molecule has 0 atom stereocenters. The molecule has 0 saturated carbocycles. The third-order valence-corrected chi connectivity index (χ3v) is 2.54. The Labute approximate surface area is 96.3 Å². The van der Waals surface area contributed by atoms with Crippen LogP contribution in [0.4, 0.5) is 0 Å². The highest BCUT2D eigenvalue weighted by Crippen LogP contribution is 2.25. The molecule has 2 aromatic rings. The lowest BCUT2D eigenvalue weighted by Crippen LogP contribution is -1.96. The van der Waals surface area contributed by atoms with E-state index < -0.39 is 0 Å². The molecule has 0 spiro atoms. The molecule has 1 aromatic heterocycles. The van der Waals surface area contributed by atoms with Crippen LogP contribution in [0.15, 0.2) is 30.5 Å². The molecule has 2 nitrogen and oxygen atoms in total. The Hall–Kier alpha value is -1.57. The minimum absolute atomic E-state index is 0.900. The van der Waals surface area contributed by atoms with E-state index in [1.807, 2.05) is 18.3 Å². The van der Waals surface area contributed by atoms with E-state index in [0.29, 0.717) is 0 Å². The van der Waals surface area contributed by atoms with Crippen molar-refractivity contribution in [3.8, 4) is 5.75 Å². The van der Waals surface area contributed by atoms with Gasteiger partial charge in [0.2, 0.25) is 0 Å². The summed E-state index contributed by atoms with van der Waals surface area (Å²) in [6.07, 6.45) is 2.79. The Morgan fingerprint density at radius 2 is 2.12 bits per heavy atom. The molecule has 0 unspecified atom stereocenters. The largest absolute Gasteiger partial charge is 0.497 e. The van der Waals surface area contributed by atoms with Gasteiger partial charge in [0.05, 0.1) is 12.6 Å². The van der Waals surface area contributed by atoms with Gasteiger partial charge in [-0.1, -0.05) is 19.9 Å². The van der Waals surface area contributed by atoms with Gasteiger partial charge in [0.15, 0.2) is 0 Å². The highest BCUT2D eigenvalue weighted by molar-refractivity contribution is 5.83. The van der Waals surface area contributed by atoms with Gasteiger partial charge < -0.3 is 4.74 Å². The van der Waals surface area contributed by atoms with E-state index in [2.05, 4.69) is 31.0 Å². The van der Waals surface area contributed by atoms with Crippen molar-refractivity contribution >= 4 is 10.9 Å². The predicted molar refractivity (Wildman–Crippen MR) is 66.6 cm³/mol. The van der Waals surface area contributed by atoms with Gasteiger partial charge >= 0.3 is 0 Å². The average molecular weight is 214 g/mol. The number of pyridine rings is 1. The van der Waals surface area contributed by atoms with Crippen molar-refractivity contribution in [1.82, 2.24) is 4.98 Å². The second-order valence-electron chi connectivity index (χ2n) is 4.25. The number of hydrogen-bond acceptors (Lipinski definition) is 2. The fraction of sp³-hybridized carbons (Fsp3) is 0.286. The molecule has 0 amide bonds. The third-order valence-electron chi connectivity index (χ3n) is 2.54. The minimum Gasteiger partial charge on any atom is -0.497 e. The summed E-state index contributed by atoms with van der Waals surface area (Å²) in [4.78, 5) is 4.44. The Morgan fingerprint density at radius 1 is 1.31 bits per heavy atom. The first-order chi connectivity index (χ1) is 7.70. The second kappa shape index (κ2) is 4.52. The minimum atomic E-state index is 0.900. The topological polar surface area (TPSA) is 22.1 Å². The van der Waals surface area contributed by atoms with Crippen molar-refractivity contribution < 1.29 is 4.74 Å². The Kier molecular flexibility index (Phi) is 3.09. The van der Waals surface area contributed by atoms with Crippen LogP contribution in [0.25, 0.3) is 10.9 Å². The van der Waals surface area contributed by atoms with Crippen molar-refractivity contribution in [2.45, 2.75) is 20.3 Å². The standard InChI is InChI=1S/C14H16NO/c1-10(2)7-12-9-13(16-3)8-11-5-4-6-15-14(11)12/h4-6,8-9H,7H2,1-3H3. The third kappa shape index (κ3) is 2.16. The van der Waals surface area contributed by atoms with Crippen molar-refractivity contribution in [2.75, 3.05) is 7.11 Å². The summed E-state index contributed by atoms with van der Waals surface area (Å²) in [7, 11) is 1.70. The van der Waals surface area contributed by atoms with E-state index in [-0.39, 0.29) is 0 Å². The molecule has 0 N–H and O–H groups in total. The lowest BCUT2D eigenvalue weighted by molar-refractivity contribution is 0.415. The molecule has 2 rings (SSSR count). The molecule has 1 heterocycles. The zero-order valence-electron chi connectivity index (χ0n) is 9.95. The number of rotatable bonds is 3. The molecular weight excluding hydrogens is 198 g/mol. The molecule has 0 fully saturated rings. The van der Waals surface area contributed by atoms with Crippen LogP contribution >= 0.6 is 0 Å². The molecule has 1 radical (unpaired) electrons. The number of nitrogens with zero attached hydrogens (tertiary/aromatic N) is 1. The maximum absolute atomic E-state index is 5.31. The SMILES string of the molecule is COc1cc(C[C](C)C)c2ncccc2c1. The normalized spacial score (nSPS) is 11.0. The van der Waals surface area contributed by atoms with Crippen LogP contribution in [0.5, 0.6) is 5.75 Å². The molecule has 0 saturated heterocycles. The van der Waals surface area contributed by atoms with Crippen molar-refractivity contribution in [1.29, 1.82) is 0 Å². The second-order valence-corrected chi connectivity index (χ2v) is 4.25. The number of hydrogen-bond donors (Lipinski definition) is 0. The number of fused-ring (bicyclic) bond motifs is 1. The molecule has 0 bridgehead atoms. The van der Waals surface area contributed by atoms with Crippen LogP contribution in [0.2, 0.25) is 0 Å². The lowest BCUT2D eigenvalue weighted by Gasteiger charge is -2.10. The first-order valence-electron chi connectivity index (χ1n) is 5.41. The van der Waals surface area contributed by atoms with Crippen LogP contribution in [0.3, 0.4) is 0 Å². The molecule has 0 aliphatic carbocycles. The van der Waals surface area contributed by atoms with Gasteiger partial charge in [0.1, 0.15) is 5.75 Å². The van der Waals surface area contributed by atoms with Gasteiger partial charge in [-0.3, -0.25) is 4.98 Å². The Morgan fingerprint density at radius 3 is 2.81 bits per heavy atom. The number of aromatic nitrogens is 1. The monoisotopic (exact) mass is 214 g/mol. The fourth-order valence-corrected chi connectivity index (χ4v) is 1.87. The Balaban J connectivity index is 2.59. The molecular formula is C14H16NO. The van der Waals surface area contributed by atoms with E-state index in [9.17, 15) is 0 Å². The van der Waals surface area contributed by atoms with Crippen LogP contribution in [-0.2, 0) is 6.42 Å². The molecule has 83 valence electrons. The first-order valence-corrected chi connectivity index (χ1v) is 5.41. The molecule has 0 aliphatic rings. The average Bonchev–Trinajstić information content (AvgIpc) is 2.28. The van der Waals surface area contributed by atoms with E-state index in [4.69, 9.17) is 4.74 Å². The summed E-state index contributed by atoms with van der Waals surface area (Å²) in [5, 5.41) is 1.14. The van der Waals surface area contributed by atoms with Crippen molar-refractivity contribution in [3.05, 3.63) is 41.9 Å². The van der Waals surface area contributed by atoms with Gasteiger partial charge in [0, 0.05) is 11.6 Å². The predicted octanol–water partition coefficient (Wildman–Crippen LogP) is 3.40. The van der Waals surface area contributed by atoms with Crippen molar-refractivity contribution in [2.24, 2.45) is 0 Å². The summed E-state index contributed by atoms with van der Waals surface area (Å²) in [6, 6.07) is 8.12. The van der Waals surface area contributed by atoms with Crippen LogP contribution in [-0.4, -0.2) is 12.1 Å². The number of methoxy groups -OCH3 is 1. The van der Waals surface area contributed by atoms with Gasteiger partial charge in [-0.15, -0.1) is 0 Å². The number of benzene rings is 1. The fourth-order valence-electron chi connectivity index (χ4n) is 1.87. The Bertz CT molecular complexity index is 491. The molecule has 2 heteroatoms. The summed E-state index contributed by atoms with van der Waals surface area (Å²) in [5.74, 6) is 2.27. The number of ether oxygens (including phenoxy) is 1. The van der Waals surface area contributed by atoms with Crippen LogP contribution < -0.4 is 4.74 Å². The van der Waals surface area contributed by atoms with E-state index in [1.165, 1.54) is 11.5 Å². The summed E-state index contributed by atoms with van der Waals surface area (Å²) in [5.41, 5.74) is 2.31. The lowest BCUT2D eigenvalue weighted by atomic mass is 10.00. The van der Waals surface area contributed by atoms with Gasteiger partial charge in [0.25, 0.3) is 0 Å². The zero-order chi connectivity index (χ0) is 11.5. The maximum atomic E-state index is 5.31. The molecule has 1 aromatic carbocycles. The molecule has 0 aliphatic heterocycles. The zero-order valence-corrected chi connectivity index (χ0v) is 9.95. The van der Waals surface area contributed by atoms with E-state index >= 15 is 0 Å². The molecule has 16 heavy (non-hydrogen) atoms. The maximum Gasteiger partial charge on any atom is 0.119 e. The van der Waals surface area contributed by atoms with E-state index in [1.54, 1.807) is 7.11 Å². The van der Waals surface area contributed by atoms with Crippen LogP contribution in [0.1, 0.15) is 19.4 Å².